The Hall–Kier alpha value is -0.850. The summed E-state index contributed by atoms with van der Waals surface area (Å²) in [7, 11) is 0. The van der Waals surface area contributed by atoms with Crippen LogP contribution >= 0.6 is 0 Å². The molecular weight excluding hydrogens is 175 g/mol. The quantitative estimate of drug-likeness (QED) is 0.665. The van der Waals surface area contributed by atoms with Crippen LogP contribution in [-0.2, 0) is 0 Å². The molecule has 1 rings (SSSR count). The van der Waals surface area contributed by atoms with E-state index in [1.807, 2.05) is 13.0 Å². The van der Waals surface area contributed by atoms with E-state index in [2.05, 4.69) is 13.8 Å². The van der Waals surface area contributed by atoms with Gasteiger partial charge in [0.2, 0.25) is 0 Å². The molecule has 78 valence electrons. The second kappa shape index (κ2) is 5.14. The van der Waals surface area contributed by atoms with Gasteiger partial charge < -0.3 is 0 Å². The molecule has 0 unspecified atom stereocenters. The molecule has 0 amide bonds. The molecule has 0 heterocycles. The van der Waals surface area contributed by atoms with Crippen LogP contribution in [0.2, 0.25) is 0 Å². The van der Waals surface area contributed by atoms with E-state index in [0.717, 1.165) is 12.0 Å². The first-order chi connectivity index (χ1) is 6.66. The molecule has 0 saturated heterocycles. The first kappa shape index (κ1) is 11.2. The number of benzene rings is 1. The molecule has 0 aliphatic heterocycles. The largest absolute Gasteiger partial charge is 0.207 e. The number of halogens is 1. The maximum Gasteiger partial charge on any atom is 0.126 e. The Balaban J connectivity index is 2.79. The van der Waals surface area contributed by atoms with Gasteiger partial charge in [0.15, 0.2) is 0 Å². The van der Waals surface area contributed by atoms with Gasteiger partial charge in [-0.05, 0) is 36.5 Å². The van der Waals surface area contributed by atoms with E-state index >= 15 is 0 Å². The maximum absolute atomic E-state index is 13.3. The fourth-order valence-electron chi connectivity index (χ4n) is 1.82. The number of rotatable bonds is 4. The van der Waals surface area contributed by atoms with Crippen LogP contribution in [0.25, 0.3) is 0 Å². The zero-order valence-electron chi connectivity index (χ0n) is 9.31. The Morgan fingerprint density at radius 3 is 2.71 bits per heavy atom. The zero-order chi connectivity index (χ0) is 10.6. The lowest BCUT2D eigenvalue weighted by Crippen LogP contribution is -1.98. The van der Waals surface area contributed by atoms with Crippen molar-refractivity contribution >= 4 is 0 Å². The lowest BCUT2D eigenvalue weighted by Gasteiger charge is -2.14. The molecular formula is C13H19F. The highest BCUT2D eigenvalue weighted by Gasteiger charge is 2.09. The van der Waals surface area contributed by atoms with Gasteiger partial charge in [-0.15, -0.1) is 0 Å². The summed E-state index contributed by atoms with van der Waals surface area (Å²) in [6.07, 6.45) is 3.58. The molecule has 0 N–H and O–H groups in total. The number of unbranched alkanes of at least 4 members (excludes halogenated alkanes) is 1. The Morgan fingerprint density at radius 2 is 2.07 bits per heavy atom. The van der Waals surface area contributed by atoms with E-state index in [4.69, 9.17) is 0 Å². The van der Waals surface area contributed by atoms with Crippen molar-refractivity contribution in [1.82, 2.24) is 0 Å². The van der Waals surface area contributed by atoms with E-state index in [0.29, 0.717) is 5.92 Å². The summed E-state index contributed by atoms with van der Waals surface area (Å²) < 4.78 is 13.3. The second-order valence-corrected chi connectivity index (χ2v) is 4.00. The standard InChI is InChI=1S/C13H19F/c1-4-5-7-10(2)12-8-6-9-13(14)11(12)3/h6,8-10H,4-5,7H2,1-3H3/t10-/m1/s1. The SMILES string of the molecule is CCCC[C@@H](C)c1cccc(F)c1C. The average molecular weight is 194 g/mol. The monoisotopic (exact) mass is 194 g/mol. The Kier molecular flexibility index (Phi) is 4.12. The van der Waals surface area contributed by atoms with Gasteiger partial charge in [0, 0.05) is 0 Å². The summed E-state index contributed by atoms with van der Waals surface area (Å²) in [5.41, 5.74) is 1.98. The van der Waals surface area contributed by atoms with Crippen LogP contribution in [0.3, 0.4) is 0 Å². The molecule has 0 saturated carbocycles. The molecule has 0 aliphatic rings. The van der Waals surface area contributed by atoms with Crippen LogP contribution in [-0.4, -0.2) is 0 Å². The maximum atomic E-state index is 13.3. The molecule has 1 heteroatoms. The summed E-state index contributed by atoms with van der Waals surface area (Å²) in [4.78, 5) is 0. The smallest absolute Gasteiger partial charge is 0.126 e. The fourth-order valence-corrected chi connectivity index (χ4v) is 1.82. The summed E-state index contributed by atoms with van der Waals surface area (Å²) in [5.74, 6) is 0.400. The normalized spacial score (nSPS) is 12.9. The Bertz CT molecular complexity index is 291. The van der Waals surface area contributed by atoms with E-state index < -0.39 is 0 Å². The first-order valence-electron chi connectivity index (χ1n) is 5.41. The van der Waals surface area contributed by atoms with Gasteiger partial charge in [0.25, 0.3) is 0 Å². The van der Waals surface area contributed by atoms with E-state index in [-0.39, 0.29) is 5.82 Å². The number of hydrogen-bond acceptors (Lipinski definition) is 0. The van der Waals surface area contributed by atoms with Gasteiger partial charge >= 0.3 is 0 Å². The summed E-state index contributed by atoms with van der Waals surface area (Å²) >= 11 is 0. The molecule has 0 radical (unpaired) electrons. The molecule has 0 fully saturated rings. The minimum absolute atomic E-state index is 0.0779. The third kappa shape index (κ3) is 2.57. The molecule has 0 aliphatic carbocycles. The van der Waals surface area contributed by atoms with Crippen molar-refractivity contribution in [2.45, 2.75) is 46.0 Å². The fraction of sp³-hybridized carbons (Fsp3) is 0.538. The van der Waals surface area contributed by atoms with Crippen LogP contribution in [0, 0.1) is 12.7 Å². The lowest BCUT2D eigenvalue weighted by molar-refractivity contribution is 0.592. The van der Waals surface area contributed by atoms with Crippen LogP contribution in [0.5, 0.6) is 0 Å². The highest BCUT2D eigenvalue weighted by atomic mass is 19.1. The molecule has 1 aromatic carbocycles. The van der Waals surface area contributed by atoms with Crippen molar-refractivity contribution in [2.75, 3.05) is 0 Å². The van der Waals surface area contributed by atoms with E-state index in [1.165, 1.54) is 24.5 Å². The van der Waals surface area contributed by atoms with E-state index in [9.17, 15) is 4.39 Å². The predicted molar refractivity (Wildman–Crippen MR) is 59.1 cm³/mol. The van der Waals surface area contributed by atoms with Crippen molar-refractivity contribution < 1.29 is 4.39 Å². The van der Waals surface area contributed by atoms with Gasteiger partial charge in [-0.3, -0.25) is 0 Å². The minimum Gasteiger partial charge on any atom is -0.207 e. The summed E-state index contributed by atoms with van der Waals surface area (Å²) in [5, 5.41) is 0. The molecule has 14 heavy (non-hydrogen) atoms. The van der Waals surface area contributed by atoms with Crippen LogP contribution in [0.4, 0.5) is 4.39 Å². The molecule has 0 nitrogen and oxygen atoms in total. The summed E-state index contributed by atoms with van der Waals surface area (Å²) in [6, 6.07) is 5.38. The Morgan fingerprint density at radius 1 is 1.36 bits per heavy atom. The van der Waals surface area contributed by atoms with Gasteiger partial charge in [-0.1, -0.05) is 38.8 Å². The Labute approximate surface area is 86.2 Å². The third-order valence-corrected chi connectivity index (χ3v) is 2.83. The highest BCUT2D eigenvalue weighted by molar-refractivity contribution is 5.30. The third-order valence-electron chi connectivity index (χ3n) is 2.83. The van der Waals surface area contributed by atoms with Gasteiger partial charge in [0.05, 0.1) is 0 Å². The van der Waals surface area contributed by atoms with E-state index in [1.54, 1.807) is 6.07 Å². The van der Waals surface area contributed by atoms with Crippen LogP contribution in [0.1, 0.15) is 50.2 Å². The zero-order valence-corrected chi connectivity index (χ0v) is 9.31. The van der Waals surface area contributed by atoms with Gasteiger partial charge in [0.1, 0.15) is 5.82 Å². The summed E-state index contributed by atoms with van der Waals surface area (Å²) in [6.45, 7) is 6.23. The van der Waals surface area contributed by atoms with Gasteiger partial charge in [-0.2, -0.15) is 0 Å². The van der Waals surface area contributed by atoms with Crippen molar-refractivity contribution in [1.29, 1.82) is 0 Å². The molecule has 0 spiro atoms. The molecule has 1 atom stereocenters. The van der Waals surface area contributed by atoms with Crippen LogP contribution < -0.4 is 0 Å². The minimum atomic E-state index is -0.0779. The van der Waals surface area contributed by atoms with Crippen molar-refractivity contribution in [3.63, 3.8) is 0 Å². The van der Waals surface area contributed by atoms with Crippen LogP contribution in [0.15, 0.2) is 18.2 Å². The lowest BCUT2D eigenvalue weighted by atomic mass is 9.92. The predicted octanol–water partition coefficient (Wildman–Crippen LogP) is 4.43. The average Bonchev–Trinajstić information content (AvgIpc) is 2.18. The van der Waals surface area contributed by atoms with Crippen molar-refractivity contribution in [3.8, 4) is 0 Å². The molecule has 0 bridgehead atoms. The highest BCUT2D eigenvalue weighted by Crippen LogP contribution is 2.25. The second-order valence-electron chi connectivity index (χ2n) is 4.00. The number of hydrogen-bond donors (Lipinski definition) is 0. The first-order valence-corrected chi connectivity index (χ1v) is 5.41. The van der Waals surface area contributed by atoms with Gasteiger partial charge in [-0.25, -0.2) is 4.39 Å². The van der Waals surface area contributed by atoms with Crippen molar-refractivity contribution in [2.24, 2.45) is 0 Å². The molecule has 1 aromatic rings. The topological polar surface area (TPSA) is 0 Å². The van der Waals surface area contributed by atoms with Crippen molar-refractivity contribution in [3.05, 3.63) is 35.1 Å². The molecule has 0 aromatic heterocycles.